The highest BCUT2D eigenvalue weighted by Crippen LogP contribution is 2.45. The summed E-state index contributed by atoms with van der Waals surface area (Å²) < 4.78 is 28.6. The summed E-state index contributed by atoms with van der Waals surface area (Å²) in [5.74, 6) is 1.03. The van der Waals surface area contributed by atoms with Crippen molar-refractivity contribution in [2.45, 2.75) is 38.7 Å². The van der Waals surface area contributed by atoms with Crippen molar-refractivity contribution in [1.82, 2.24) is 0 Å². The minimum atomic E-state index is -0.581. The molecule has 1 unspecified atom stereocenters. The van der Waals surface area contributed by atoms with Crippen LogP contribution in [0.1, 0.15) is 48.9 Å². The molecule has 0 radical (unpaired) electrons. The fraction of sp³-hybridized carbons (Fsp3) is 0.222. The summed E-state index contributed by atoms with van der Waals surface area (Å²) in [6.45, 7) is 6.43. The number of carbonyl (C=O) groups is 1. The number of halogens is 1. The zero-order valence-electron chi connectivity index (χ0n) is 25.4. The molecule has 0 saturated carbocycles. The van der Waals surface area contributed by atoms with Gasteiger partial charge in [0.15, 0.2) is 18.1 Å². The fourth-order valence-corrected chi connectivity index (χ4v) is 5.05. The van der Waals surface area contributed by atoms with Crippen LogP contribution in [0.25, 0.3) is 0 Å². The maximum absolute atomic E-state index is 12.6. The topological polar surface area (TPSA) is 113 Å². The summed E-state index contributed by atoms with van der Waals surface area (Å²) >= 11 is 5.98. The molecule has 0 aromatic heterocycles. The average molecular weight is 625 g/mol. The lowest BCUT2D eigenvalue weighted by atomic mass is 9.83. The normalized spacial score (nSPS) is 14.1. The van der Waals surface area contributed by atoms with Gasteiger partial charge in [-0.25, -0.2) is 4.79 Å². The molecule has 0 amide bonds. The molecule has 1 aliphatic heterocycles. The maximum atomic E-state index is 12.6. The molecular formula is C36H33ClN2O6. The summed E-state index contributed by atoms with van der Waals surface area (Å²) in [5, 5.41) is 10.6. The van der Waals surface area contributed by atoms with Crippen LogP contribution in [-0.2, 0) is 16.8 Å². The second kappa shape index (κ2) is 13.2. The SMILES string of the molecule is COc1cc(C2C(C#N)=C(N)Oc3cc(OC(=O)COc4ccc(C(C)(C)C)cc4)ccc32)ccc1OCc1ccc(Cl)cc1. The molecule has 1 atom stereocenters. The molecule has 4 aromatic carbocycles. The Labute approximate surface area is 267 Å². The summed E-state index contributed by atoms with van der Waals surface area (Å²) in [7, 11) is 1.55. The molecule has 0 saturated heterocycles. The molecule has 8 nitrogen and oxygen atoms in total. The van der Waals surface area contributed by atoms with Crippen molar-refractivity contribution in [3.8, 4) is 34.8 Å². The van der Waals surface area contributed by atoms with E-state index in [0.29, 0.717) is 40.2 Å². The van der Waals surface area contributed by atoms with Gasteiger partial charge in [-0.2, -0.15) is 5.26 Å². The number of ether oxygens (including phenoxy) is 5. The van der Waals surface area contributed by atoms with E-state index in [0.717, 1.165) is 16.7 Å². The Morgan fingerprint density at radius 1 is 0.933 bits per heavy atom. The molecule has 0 spiro atoms. The first kappa shape index (κ1) is 31.3. The van der Waals surface area contributed by atoms with E-state index in [1.54, 1.807) is 49.6 Å². The van der Waals surface area contributed by atoms with E-state index in [9.17, 15) is 10.1 Å². The van der Waals surface area contributed by atoms with Gasteiger partial charge in [0, 0.05) is 16.7 Å². The third-order valence-electron chi connectivity index (χ3n) is 7.33. The summed E-state index contributed by atoms with van der Waals surface area (Å²) in [6.07, 6.45) is 0. The maximum Gasteiger partial charge on any atom is 0.349 e. The van der Waals surface area contributed by atoms with Crippen LogP contribution in [0.2, 0.25) is 5.02 Å². The van der Waals surface area contributed by atoms with Gasteiger partial charge in [-0.1, -0.05) is 68.8 Å². The molecule has 4 aromatic rings. The molecule has 1 heterocycles. The second-order valence-corrected chi connectivity index (χ2v) is 11.9. The van der Waals surface area contributed by atoms with Crippen LogP contribution in [0.4, 0.5) is 0 Å². The van der Waals surface area contributed by atoms with Crippen molar-refractivity contribution in [2.75, 3.05) is 13.7 Å². The quantitative estimate of drug-likeness (QED) is 0.151. The van der Waals surface area contributed by atoms with Crippen molar-refractivity contribution < 1.29 is 28.5 Å². The Balaban J connectivity index is 1.31. The number of benzene rings is 4. The number of fused-ring (bicyclic) bond motifs is 1. The minimum Gasteiger partial charge on any atom is -0.493 e. The van der Waals surface area contributed by atoms with Gasteiger partial charge in [-0.3, -0.25) is 0 Å². The van der Waals surface area contributed by atoms with E-state index < -0.39 is 11.9 Å². The highest BCUT2D eigenvalue weighted by atomic mass is 35.5. The Morgan fingerprint density at radius 2 is 1.64 bits per heavy atom. The fourth-order valence-electron chi connectivity index (χ4n) is 4.92. The zero-order chi connectivity index (χ0) is 32.1. The summed E-state index contributed by atoms with van der Waals surface area (Å²) in [5.41, 5.74) is 9.98. The number of nitriles is 1. The lowest BCUT2D eigenvalue weighted by molar-refractivity contribution is -0.136. The van der Waals surface area contributed by atoms with Crippen molar-refractivity contribution in [2.24, 2.45) is 5.73 Å². The van der Waals surface area contributed by atoms with Gasteiger partial charge in [0.25, 0.3) is 0 Å². The number of rotatable bonds is 9. The highest BCUT2D eigenvalue weighted by molar-refractivity contribution is 6.30. The van der Waals surface area contributed by atoms with Gasteiger partial charge in [-0.15, -0.1) is 0 Å². The predicted octanol–water partition coefficient (Wildman–Crippen LogP) is 7.43. The number of nitrogens with zero attached hydrogens (tertiary/aromatic N) is 1. The standard InChI is InChI=1S/C36H33ClN2O6/c1-36(2,3)24-8-12-26(13-9-24)42-21-33(40)44-27-14-15-28-31(18-27)45-35(39)29(19-38)34(28)23-7-16-30(32(17-23)41-4)43-20-22-5-10-25(37)11-6-22/h5-18,34H,20-21,39H2,1-4H3. The molecule has 0 bridgehead atoms. The molecule has 9 heteroatoms. The van der Waals surface area contributed by atoms with Gasteiger partial charge >= 0.3 is 5.97 Å². The van der Waals surface area contributed by atoms with E-state index in [1.165, 1.54) is 0 Å². The Bertz CT molecular complexity index is 1770. The molecule has 45 heavy (non-hydrogen) atoms. The smallest absolute Gasteiger partial charge is 0.349 e. The molecule has 1 aliphatic rings. The van der Waals surface area contributed by atoms with Gasteiger partial charge in [0.1, 0.15) is 35.5 Å². The van der Waals surface area contributed by atoms with E-state index in [4.69, 9.17) is 41.0 Å². The highest BCUT2D eigenvalue weighted by Gasteiger charge is 2.32. The van der Waals surface area contributed by atoms with E-state index in [1.807, 2.05) is 42.5 Å². The molecule has 0 aliphatic carbocycles. The van der Waals surface area contributed by atoms with Gasteiger partial charge < -0.3 is 29.4 Å². The predicted molar refractivity (Wildman–Crippen MR) is 171 cm³/mol. The first-order valence-corrected chi connectivity index (χ1v) is 14.6. The molecule has 5 rings (SSSR count). The number of allylic oxidation sites excluding steroid dienone is 1. The monoisotopic (exact) mass is 624 g/mol. The van der Waals surface area contributed by atoms with Crippen LogP contribution in [0.5, 0.6) is 28.7 Å². The van der Waals surface area contributed by atoms with Crippen LogP contribution in [-0.4, -0.2) is 19.7 Å². The Morgan fingerprint density at radius 3 is 2.31 bits per heavy atom. The van der Waals surface area contributed by atoms with Crippen LogP contribution in [0, 0.1) is 11.3 Å². The lowest BCUT2D eigenvalue weighted by Gasteiger charge is -2.27. The van der Waals surface area contributed by atoms with Crippen molar-refractivity contribution in [3.05, 3.63) is 124 Å². The van der Waals surface area contributed by atoms with Gasteiger partial charge in [0.2, 0.25) is 5.88 Å². The average Bonchev–Trinajstić information content (AvgIpc) is 3.02. The number of hydrogen-bond donors (Lipinski definition) is 1. The summed E-state index contributed by atoms with van der Waals surface area (Å²) in [6, 6.07) is 27.6. The van der Waals surface area contributed by atoms with Crippen LogP contribution >= 0.6 is 11.6 Å². The van der Waals surface area contributed by atoms with Gasteiger partial charge in [-0.05, 0) is 64.6 Å². The van der Waals surface area contributed by atoms with E-state index in [-0.39, 0.29) is 29.2 Å². The van der Waals surface area contributed by atoms with Crippen LogP contribution in [0.15, 0.2) is 96.4 Å². The Kier molecular flexibility index (Phi) is 9.21. The van der Waals surface area contributed by atoms with Gasteiger partial charge in [0.05, 0.1) is 13.0 Å². The molecule has 230 valence electrons. The third-order valence-corrected chi connectivity index (χ3v) is 7.58. The number of carbonyl (C=O) groups excluding carboxylic acids is 1. The lowest BCUT2D eigenvalue weighted by Crippen LogP contribution is -2.22. The third kappa shape index (κ3) is 7.34. The molecule has 2 N–H and O–H groups in total. The first-order valence-electron chi connectivity index (χ1n) is 14.3. The molecular weight excluding hydrogens is 592 g/mol. The molecule has 0 fully saturated rings. The largest absolute Gasteiger partial charge is 0.493 e. The number of nitrogens with two attached hydrogens (primary N) is 1. The van der Waals surface area contributed by atoms with Crippen LogP contribution in [0.3, 0.4) is 0 Å². The second-order valence-electron chi connectivity index (χ2n) is 11.5. The minimum absolute atomic E-state index is 0.0139. The number of hydrogen-bond acceptors (Lipinski definition) is 8. The number of esters is 1. The van der Waals surface area contributed by atoms with E-state index >= 15 is 0 Å². The van der Waals surface area contributed by atoms with Crippen molar-refractivity contribution >= 4 is 17.6 Å². The summed E-state index contributed by atoms with van der Waals surface area (Å²) in [4.78, 5) is 12.6. The van der Waals surface area contributed by atoms with E-state index in [2.05, 4.69) is 26.8 Å². The van der Waals surface area contributed by atoms with Crippen LogP contribution < -0.4 is 29.4 Å². The van der Waals surface area contributed by atoms with Crippen molar-refractivity contribution in [3.63, 3.8) is 0 Å². The zero-order valence-corrected chi connectivity index (χ0v) is 26.2. The van der Waals surface area contributed by atoms with Crippen molar-refractivity contribution in [1.29, 1.82) is 5.26 Å². The number of methoxy groups -OCH3 is 1. The Hall–Kier alpha value is -5.13. The first-order chi connectivity index (χ1) is 21.5.